The van der Waals surface area contributed by atoms with Crippen LogP contribution in [0.25, 0.3) is 11.1 Å². The molecule has 4 nitrogen and oxygen atoms in total. The minimum absolute atomic E-state index is 0.0264. The van der Waals surface area contributed by atoms with Crippen molar-refractivity contribution in [2.75, 3.05) is 19.6 Å². The van der Waals surface area contributed by atoms with E-state index < -0.39 is 5.41 Å². The van der Waals surface area contributed by atoms with Gasteiger partial charge in [0.05, 0.1) is 5.41 Å². The number of carbonyl (C=O) groups is 2. The van der Waals surface area contributed by atoms with Gasteiger partial charge in [-0.2, -0.15) is 0 Å². The van der Waals surface area contributed by atoms with Crippen molar-refractivity contribution in [1.29, 1.82) is 0 Å². The number of hydrogen-bond donors (Lipinski definition) is 1. The Balaban J connectivity index is 1.66. The van der Waals surface area contributed by atoms with Crippen LogP contribution in [0.15, 0.2) is 67.3 Å². The summed E-state index contributed by atoms with van der Waals surface area (Å²) in [5.41, 5.74) is 2.84. The fourth-order valence-electron chi connectivity index (χ4n) is 4.61. The highest BCUT2D eigenvalue weighted by atomic mass is 16.2. The van der Waals surface area contributed by atoms with Crippen LogP contribution < -0.4 is 5.32 Å². The molecule has 1 saturated carbocycles. The third kappa shape index (κ3) is 4.33. The monoisotopic (exact) mass is 402 g/mol. The predicted octanol–water partition coefficient (Wildman–Crippen LogP) is 4.22. The minimum atomic E-state index is -0.614. The van der Waals surface area contributed by atoms with Crippen molar-refractivity contribution < 1.29 is 9.59 Å². The number of hydrogen-bond acceptors (Lipinski definition) is 2. The van der Waals surface area contributed by atoms with Gasteiger partial charge in [0.25, 0.3) is 0 Å². The molecule has 2 amide bonds. The van der Waals surface area contributed by atoms with E-state index in [1.165, 1.54) is 0 Å². The number of amides is 2. The zero-order chi connectivity index (χ0) is 21.0. The third-order valence-corrected chi connectivity index (χ3v) is 6.33. The molecule has 1 aliphatic carbocycles. The Morgan fingerprint density at radius 2 is 1.83 bits per heavy atom. The average molecular weight is 403 g/mol. The first-order chi connectivity index (χ1) is 14.6. The van der Waals surface area contributed by atoms with Gasteiger partial charge < -0.3 is 10.2 Å². The summed E-state index contributed by atoms with van der Waals surface area (Å²) in [4.78, 5) is 28.1. The maximum Gasteiger partial charge on any atom is 0.228 e. The number of benzene rings is 2. The molecule has 2 aromatic rings. The summed E-state index contributed by atoms with van der Waals surface area (Å²) in [5, 5.41) is 3.03. The van der Waals surface area contributed by atoms with Crippen LogP contribution in [0.3, 0.4) is 0 Å². The highest BCUT2D eigenvalue weighted by Gasteiger charge is 2.45. The lowest BCUT2D eigenvalue weighted by Crippen LogP contribution is -2.54. The molecule has 0 spiro atoms. The Labute approximate surface area is 179 Å². The lowest BCUT2D eigenvalue weighted by Gasteiger charge is -2.42. The molecule has 2 fully saturated rings. The van der Waals surface area contributed by atoms with E-state index in [0.717, 1.165) is 48.9 Å². The van der Waals surface area contributed by atoms with Crippen LogP contribution in [0.5, 0.6) is 0 Å². The number of nitrogens with zero attached hydrogens (tertiary/aromatic N) is 1. The molecular weight excluding hydrogens is 372 g/mol. The Morgan fingerprint density at radius 1 is 1.10 bits per heavy atom. The maximum absolute atomic E-state index is 13.4. The normalized spacial score (nSPS) is 21.1. The zero-order valence-electron chi connectivity index (χ0n) is 17.5. The van der Waals surface area contributed by atoms with Crippen LogP contribution >= 0.6 is 0 Å². The first kappa shape index (κ1) is 20.4. The summed E-state index contributed by atoms with van der Waals surface area (Å²) < 4.78 is 0. The molecule has 1 N–H and O–H groups in total. The molecular formula is C26H30N2O2. The van der Waals surface area contributed by atoms with E-state index in [1.807, 2.05) is 35.2 Å². The van der Waals surface area contributed by atoms with Crippen LogP contribution in [0, 0.1) is 11.3 Å². The van der Waals surface area contributed by atoms with Crippen molar-refractivity contribution in [3.8, 4) is 11.1 Å². The van der Waals surface area contributed by atoms with E-state index in [1.54, 1.807) is 6.08 Å². The van der Waals surface area contributed by atoms with Crippen LogP contribution in [-0.4, -0.2) is 36.3 Å². The van der Waals surface area contributed by atoms with Crippen molar-refractivity contribution >= 4 is 11.8 Å². The molecule has 2 aromatic carbocycles. The molecule has 0 aromatic heterocycles. The maximum atomic E-state index is 13.4. The zero-order valence-corrected chi connectivity index (χ0v) is 17.5. The van der Waals surface area contributed by atoms with E-state index in [-0.39, 0.29) is 17.7 Å². The molecule has 0 bridgehead atoms. The average Bonchev–Trinajstić information content (AvgIpc) is 3.63. The summed E-state index contributed by atoms with van der Waals surface area (Å²) in [7, 11) is 0. The van der Waals surface area contributed by atoms with Gasteiger partial charge in [0.15, 0.2) is 0 Å². The van der Waals surface area contributed by atoms with Gasteiger partial charge in [-0.05, 0) is 48.8 Å². The molecule has 4 heteroatoms. The van der Waals surface area contributed by atoms with Crippen LogP contribution in [-0.2, 0) is 16.0 Å². The second-order valence-corrected chi connectivity index (χ2v) is 8.62. The van der Waals surface area contributed by atoms with E-state index in [0.29, 0.717) is 19.5 Å². The summed E-state index contributed by atoms with van der Waals surface area (Å²) in [5.74, 6) is 0.430. The van der Waals surface area contributed by atoms with Crippen molar-refractivity contribution in [3.63, 3.8) is 0 Å². The van der Waals surface area contributed by atoms with Crippen LogP contribution in [0.2, 0.25) is 0 Å². The molecule has 2 aliphatic rings. The number of nitrogens with one attached hydrogen (secondary N) is 1. The second kappa shape index (κ2) is 8.86. The lowest BCUT2D eigenvalue weighted by atomic mass is 9.73. The van der Waals surface area contributed by atoms with E-state index in [4.69, 9.17) is 0 Å². The second-order valence-electron chi connectivity index (χ2n) is 8.62. The largest absolute Gasteiger partial charge is 0.352 e. The quantitative estimate of drug-likeness (QED) is 0.705. The van der Waals surface area contributed by atoms with Gasteiger partial charge in [0, 0.05) is 25.6 Å². The molecule has 0 radical (unpaired) electrons. The standard InChI is InChI=1S/C26H30N2O2/c1-2-16-27-25(30)26(15-8-17-28(19-26)24(29)21-13-14-21)18-22-11-6-7-12-23(22)20-9-4-3-5-10-20/h2-7,9-12,21H,1,8,13-19H2,(H,27,30)/t26-/m1/s1. The number of piperidine rings is 1. The van der Waals surface area contributed by atoms with Crippen LogP contribution in [0.1, 0.15) is 31.2 Å². The Kier molecular flexibility index (Phi) is 6.03. The van der Waals surface area contributed by atoms with Gasteiger partial charge in [-0.3, -0.25) is 9.59 Å². The number of likely N-dealkylation sites (tertiary alicyclic amines) is 1. The molecule has 1 atom stereocenters. The van der Waals surface area contributed by atoms with Crippen molar-refractivity contribution in [1.82, 2.24) is 10.2 Å². The summed E-state index contributed by atoms with van der Waals surface area (Å²) in [6.45, 7) is 5.43. The van der Waals surface area contributed by atoms with E-state index >= 15 is 0 Å². The van der Waals surface area contributed by atoms with Gasteiger partial charge in [0.1, 0.15) is 0 Å². The Morgan fingerprint density at radius 3 is 2.57 bits per heavy atom. The molecule has 156 valence electrons. The topological polar surface area (TPSA) is 49.4 Å². The van der Waals surface area contributed by atoms with Gasteiger partial charge in [-0.1, -0.05) is 60.7 Å². The minimum Gasteiger partial charge on any atom is -0.352 e. The van der Waals surface area contributed by atoms with Crippen molar-refractivity contribution in [2.45, 2.75) is 32.1 Å². The smallest absolute Gasteiger partial charge is 0.228 e. The summed E-state index contributed by atoms with van der Waals surface area (Å²) >= 11 is 0. The third-order valence-electron chi connectivity index (χ3n) is 6.33. The number of carbonyl (C=O) groups excluding carboxylic acids is 2. The van der Waals surface area contributed by atoms with Gasteiger partial charge in [-0.15, -0.1) is 6.58 Å². The first-order valence-corrected chi connectivity index (χ1v) is 10.9. The highest BCUT2D eigenvalue weighted by Crippen LogP contribution is 2.39. The first-order valence-electron chi connectivity index (χ1n) is 10.9. The highest BCUT2D eigenvalue weighted by molar-refractivity contribution is 5.86. The molecule has 4 rings (SSSR count). The van der Waals surface area contributed by atoms with Gasteiger partial charge in [0.2, 0.25) is 11.8 Å². The summed E-state index contributed by atoms with van der Waals surface area (Å²) in [6.07, 6.45) is 5.94. The Bertz CT molecular complexity index is 920. The van der Waals surface area contributed by atoms with Crippen molar-refractivity contribution in [3.05, 3.63) is 72.8 Å². The van der Waals surface area contributed by atoms with E-state index in [2.05, 4.69) is 36.2 Å². The molecule has 0 unspecified atom stereocenters. The predicted molar refractivity (Wildman–Crippen MR) is 120 cm³/mol. The van der Waals surface area contributed by atoms with Gasteiger partial charge in [-0.25, -0.2) is 0 Å². The molecule has 1 saturated heterocycles. The Hall–Kier alpha value is -2.88. The van der Waals surface area contributed by atoms with Gasteiger partial charge >= 0.3 is 0 Å². The molecule has 1 heterocycles. The van der Waals surface area contributed by atoms with Crippen molar-refractivity contribution in [2.24, 2.45) is 11.3 Å². The fourth-order valence-corrected chi connectivity index (χ4v) is 4.61. The van der Waals surface area contributed by atoms with Crippen LogP contribution in [0.4, 0.5) is 0 Å². The summed E-state index contributed by atoms with van der Waals surface area (Å²) in [6, 6.07) is 18.6. The van der Waals surface area contributed by atoms with E-state index in [9.17, 15) is 9.59 Å². The number of rotatable bonds is 7. The fraction of sp³-hybridized carbons (Fsp3) is 0.385. The SMILES string of the molecule is C=CCNC(=O)[C@@]1(Cc2ccccc2-c2ccccc2)CCCN(C(=O)C2CC2)C1. The molecule has 1 aliphatic heterocycles. The lowest BCUT2D eigenvalue weighted by molar-refractivity contribution is -0.142. The molecule has 30 heavy (non-hydrogen) atoms.